The predicted octanol–water partition coefficient (Wildman–Crippen LogP) is 3.02. The van der Waals surface area contributed by atoms with Gasteiger partial charge in [0.05, 0.1) is 5.60 Å². The quantitative estimate of drug-likeness (QED) is 0.760. The summed E-state index contributed by atoms with van der Waals surface area (Å²) < 4.78 is 0. The third-order valence-corrected chi connectivity index (χ3v) is 3.17. The van der Waals surface area contributed by atoms with E-state index < -0.39 is 5.60 Å². The number of rotatable bonds is 6. The van der Waals surface area contributed by atoms with E-state index in [-0.39, 0.29) is 0 Å². The zero-order valence-corrected chi connectivity index (χ0v) is 12.4. The molecule has 0 aromatic heterocycles. The molecule has 0 spiro atoms. The standard InChI is InChI=1S/C16H27NO/c1-12(2)14-7-6-13(3)15(10-14)8-9-17-11-16(4,5)18/h6-7,10,12,17-18H,8-9,11H2,1-5H3. The Morgan fingerprint density at radius 1 is 1.28 bits per heavy atom. The molecule has 0 saturated heterocycles. The van der Waals surface area contributed by atoms with E-state index in [0.717, 1.165) is 13.0 Å². The van der Waals surface area contributed by atoms with E-state index in [4.69, 9.17) is 0 Å². The molecule has 0 saturated carbocycles. The lowest BCUT2D eigenvalue weighted by Gasteiger charge is -2.18. The third-order valence-electron chi connectivity index (χ3n) is 3.17. The molecular weight excluding hydrogens is 222 g/mol. The molecule has 0 bridgehead atoms. The Morgan fingerprint density at radius 2 is 1.94 bits per heavy atom. The molecular formula is C16H27NO. The molecule has 0 aliphatic rings. The van der Waals surface area contributed by atoms with Gasteiger partial charge in [-0.2, -0.15) is 0 Å². The van der Waals surface area contributed by atoms with Crippen LogP contribution in [0.4, 0.5) is 0 Å². The van der Waals surface area contributed by atoms with Crippen molar-refractivity contribution in [2.45, 2.75) is 52.6 Å². The van der Waals surface area contributed by atoms with E-state index in [1.54, 1.807) is 0 Å². The number of nitrogens with one attached hydrogen (secondary N) is 1. The predicted molar refractivity (Wildman–Crippen MR) is 78.1 cm³/mol. The lowest BCUT2D eigenvalue weighted by Crippen LogP contribution is -2.35. The van der Waals surface area contributed by atoms with Gasteiger partial charge in [-0.3, -0.25) is 0 Å². The van der Waals surface area contributed by atoms with Crippen LogP contribution in [0.25, 0.3) is 0 Å². The van der Waals surface area contributed by atoms with Crippen molar-refractivity contribution in [3.63, 3.8) is 0 Å². The van der Waals surface area contributed by atoms with Crippen molar-refractivity contribution in [3.8, 4) is 0 Å². The Bertz CT molecular complexity index is 377. The molecule has 0 radical (unpaired) electrons. The van der Waals surface area contributed by atoms with Crippen LogP contribution in [-0.4, -0.2) is 23.8 Å². The third kappa shape index (κ3) is 5.19. The van der Waals surface area contributed by atoms with Gasteiger partial charge in [-0.05, 0) is 56.3 Å². The normalized spacial score (nSPS) is 12.2. The fourth-order valence-corrected chi connectivity index (χ4v) is 1.94. The van der Waals surface area contributed by atoms with Gasteiger partial charge in [-0.25, -0.2) is 0 Å². The summed E-state index contributed by atoms with van der Waals surface area (Å²) in [5.41, 5.74) is 3.53. The summed E-state index contributed by atoms with van der Waals surface area (Å²) in [5, 5.41) is 12.9. The first-order chi connectivity index (χ1) is 8.29. The molecule has 0 unspecified atom stereocenters. The van der Waals surface area contributed by atoms with Crippen LogP contribution in [0, 0.1) is 6.92 Å². The molecule has 0 heterocycles. The fraction of sp³-hybridized carbons (Fsp3) is 0.625. The fourth-order valence-electron chi connectivity index (χ4n) is 1.94. The maximum Gasteiger partial charge on any atom is 0.0715 e. The number of aryl methyl sites for hydroxylation is 1. The summed E-state index contributed by atoms with van der Waals surface area (Å²) >= 11 is 0. The van der Waals surface area contributed by atoms with E-state index in [0.29, 0.717) is 12.5 Å². The molecule has 2 nitrogen and oxygen atoms in total. The van der Waals surface area contributed by atoms with Gasteiger partial charge in [0.2, 0.25) is 0 Å². The monoisotopic (exact) mass is 249 g/mol. The smallest absolute Gasteiger partial charge is 0.0715 e. The van der Waals surface area contributed by atoms with Crippen molar-refractivity contribution in [2.24, 2.45) is 0 Å². The Morgan fingerprint density at radius 3 is 2.50 bits per heavy atom. The van der Waals surface area contributed by atoms with Crippen molar-refractivity contribution in [1.82, 2.24) is 5.32 Å². The van der Waals surface area contributed by atoms with Crippen molar-refractivity contribution in [1.29, 1.82) is 0 Å². The first-order valence-electron chi connectivity index (χ1n) is 6.82. The molecule has 1 rings (SSSR count). The summed E-state index contributed by atoms with van der Waals surface area (Å²) in [6.45, 7) is 11.8. The first-order valence-corrected chi connectivity index (χ1v) is 6.82. The van der Waals surface area contributed by atoms with Crippen LogP contribution >= 0.6 is 0 Å². The first kappa shape index (κ1) is 15.2. The molecule has 1 aromatic carbocycles. The van der Waals surface area contributed by atoms with Gasteiger partial charge in [0.1, 0.15) is 0 Å². The average Bonchev–Trinajstić information content (AvgIpc) is 2.24. The zero-order chi connectivity index (χ0) is 13.8. The van der Waals surface area contributed by atoms with Crippen LogP contribution in [0.1, 0.15) is 50.3 Å². The minimum atomic E-state index is -0.630. The van der Waals surface area contributed by atoms with E-state index in [2.05, 4.69) is 44.3 Å². The van der Waals surface area contributed by atoms with E-state index >= 15 is 0 Å². The lowest BCUT2D eigenvalue weighted by atomic mass is 9.96. The molecule has 102 valence electrons. The van der Waals surface area contributed by atoms with E-state index in [1.807, 2.05) is 13.8 Å². The SMILES string of the molecule is Cc1ccc(C(C)C)cc1CCNCC(C)(C)O. The minimum Gasteiger partial charge on any atom is -0.389 e. The molecule has 0 atom stereocenters. The highest BCUT2D eigenvalue weighted by Gasteiger charge is 2.11. The van der Waals surface area contributed by atoms with Crippen molar-refractivity contribution in [3.05, 3.63) is 34.9 Å². The Hall–Kier alpha value is -0.860. The highest BCUT2D eigenvalue weighted by atomic mass is 16.3. The number of hydrogen-bond acceptors (Lipinski definition) is 2. The summed E-state index contributed by atoms with van der Waals surface area (Å²) in [6, 6.07) is 6.74. The number of hydrogen-bond donors (Lipinski definition) is 2. The minimum absolute atomic E-state index is 0.577. The highest BCUT2D eigenvalue weighted by molar-refractivity contribution is 5.32. The summed E-state index contributed by atoms with van der Waals surface area (Å²) in [6.07, 6.45) is 1.02. The van der Waals surface area contributed by atoms with Gasteiger partial charge in [0.25, 0.3) is 0 Å². The van der Waals surface area contributed by atoms with Crippen molar-refractivity contribution < 1.29 is 5.11 Å². The van der Waals surface area contributed by atoms with Gasteiger partial charge >= 0.3 is 0 Å². The van der Waals surface area contributed by atoms with Crippen LogP contribution in [-0.2, 0) is 6.42 Å². The van der Waals surface area contributed by atoms with Gasteiger partial charge < -0.3 is 10.4 Å². The van der Waals surface area contributed by atoms with E-state index in [1.165, 1.54) is 16.7 Å². The Kier molecular flexibility index (Phi) is 5.36. The van der Waals surface area contributed by atoms with Gasteiger partial charge in [0.15, 0.2) is 0 Å². The highest BCUT2D eigenvalue weighted by Crippen LogP contribution is 2.18. The Balaban J connectivity index is 2.54. The van der Waals surface area contributed by atoms with Gasteiger partial charge in [-0.15, -0.1) is 0 Å². The lowest BCUT2D eigenvalue weighted by molar-refractivity contribution is 0.0801. The maximum absolute atomic E-state index is 9.62. The molecule has 0 fully saturated rings. The molecule has 0 aliphatic carbocycles. The van der Waals surface area contributed by atoms with Crippen LogP contribution in [0.5, 0.6) is 0 Å². The molecule has 0 amide bonds. The summed E-state index contributed by atoms with van der Waals surface area (Å²) in [5.74, 6) is 0.577. The second-order valence-electron chi connectivity index (χ2n) is 6.08. The maximum atomic E-state index is 9.62. The van der Waals surface area contributed by atoms with Crippen LogP contribution < -0.4 is 5.32 Å². The van der Waals surface area contributed by atoms with E-state index in [9.17, 15) is 5.11 Å². The average molecular weight is 249 g/mol. The van der Waals surface area contributed by atoms with Gasteiger partial charge in [-0.1, -0.05) is 32.0 Å². The largest absolute Gasteiger partial charge is 0.389 e. The van der Waals surface area contributed by atoms with Crippen molar-refractivity contribution >= 4 is 0 Å². The molecule has 2 N–H and O–H groups in total. The molecule has 1 aromatic rings. The molecule has 0 aliphatic heterocycles. The number of benzene rings is 1. The van der Waals surface area contributed by atoms with Crippen molar-refractivity contribution in [2.75, 3.05) is 13.1 Å². The van der Waals surface area contributed by atoms with Crippen LogP contribution in [0.15, 0.2) is 18.2 Å². The topological polar surface area (TPSA) is 32.3 Å². The second-order valence-corrected chi connectivity index (χ2v) is 6.08. The molecule has 2 heteroatoms. The van der Waals surface area contributed by atoms with Crippen LogP contribution in [0.3, 0.4) is 0 Å². The summed E-state index contributed by atoms with van der Waals surface area (Å²) in [7, 11) is 0. The molecule has 18 heavy (non-hydrogen) atoms. The zero-order valence-electron chi connectivity index (χ0n) is 12.4. The number of aliphatic hydroxyl groups is 1. The van der Waals surface area contributed by atoms with Crippen LogP contribution in [0.2, 0.25) is 0 Å². The summed E-state index contributed by atoms with van der Waals surface area (Å²) in [4.78, 5) is 0. The van der Waals surface area contributed by atoms with Gasteiger partial charge in [0, 0.05) is 6.54 Å². The Labute approximate surface area is 111 Å². The second kappa shape index (κ2) is 6.35.